The molecule has 0 aliphatic rings. The molecule has 0 aliphatic carbocycles. The van der Waals surface area contributed by atoms with Gasteiger partial charge in [0.05, 0.1) is 11.2 Å². The van der Waals surface area contributed by atoms with Crippen LogP contribution in [0.4, 0.5) is 0 Å². The molecule has 0 atom stereocenters. The first kappa shape index (κ1) is 11.5. The fourth-order valence-corrected chi connectivity index (χ4v) is 2.16. The Kier molecular flexibility index (Phi) is 2.90. The standard InChI is InChI=1S/C14H8Cl2N2/c15-10-3-1-9(2-4-10)14-12-7-11(16)5-6-13(12)17-8-18-14/h1-8H. The number of fused-ring (bicyclic) bond motifs is 1. The van der Waals surface area contributed by atoms with Gasteiger partial charge in [-0.2, -0.15) is 0 Å². The van der Waals surface area contributed by atoms with E-state index in [4.69, 9.17) is 23.2 Å². The summed E-state index contributed by atoms with van der Waals surface area (Å²) in [5.41, 5.74) is 2.73. The van der Waals surface area contributed by atoms with Crippen LogP contribution in [0, 0.1) is 0 Å². The first-order valence-corrected chi connectivity index (χ1v) is 6.16. The summed E-state index contributed by atoms with van der Waals surface area (Å²) in [4.78, 5) is 8.57. The molecule has 2 aromatic carbocycles. The van der Waals surface area contributed by atoms with E-state index in [9.17, 15) is 0 Å². The molecule has 0 N–H and O–H groups in total. The van der Waals surface area contributed by atoms with E-state index in [1.54, 1.807) is 6.33 Å². The molecule has 0 saturated heterocycles. The Hall–Kier alpha value is -1.64. The number of halogens is 2. The molecule has 3 rings (SSSR count). The van der Waals surface area contributed by atoms with Crippen LogP contribution in [0.2, 0.25) is 10.0 Å². The fourth-order valence-electron chi connectivity index (χ4n) is 1.87. The second kappa shape index (κ2) is 4.56. The SMILES string of the molecule is Clc1ccc(-c2ncnc3ccc(Cl)cc23)cc1. The van der Waals surface area contributed by atoms with Gasteiger partial charge in [-0.25, -0.2) is 9.97 Å². The van der Waals surface area contributed by atoms with Crippen molar-refractivity contribution < 1.29 is 0 Å². The third kappa shape index (κ3) is 2.05. The summed E-state index contributed by atoms with van der Waals surface area (Å²) in [5, 5.41) is 2.31. The minimum absolute atomic E-state index is 0.674. The summed E-state index contributed by atoms with van der Waals surface area (Å²) in [7, 11) is 0. The Bertz CT molecular complexity index is 709. The van der Waals surface area contributed by atoms with Crippen LogP contribution in [0.25, 0.3) is 22.2 Å². The monoisotopic (exact) mass is 274 g/mol. The average Bonchev–Trinajstić information content (AvgIpc) is 2.39. The third-order valence-corrected chi connectivity index (χ3v) is 3.20. The van der Waals surface area contributed by atoms with E-state index >= 15 is 0 Å². The van der Waals surface area contributed by atoms with Gasteiger partial charge in [0.1, 0.15) is 6.33 Å². The molecule has 0 aliphatic heterocycles. The molecular formula is C14H8Cl2N2. The van der Waals surface area contributed by atoms with Crippen molar-refractivity contribution in [3.63, 3.8) is 0 Å². The lowest BCUT2D eigenvalue weighted by Gasteiger charge is -2.05. The van der Waals surface area contributed by atoms with Crippen LogP contribution in [0.3, 0.4) is 0 Å². The molecule has 3 aromatic rings. The molecule has 0 fully saturated rings. The van der Waals surface area contributed by atoms with E-state index in [0.29, 0.717) is 10.0 Å². The van der Waals surface area contributed by atoms with Crippen molar-refractivity contribution in [2.75, 3.05) is 0 Å². The zero-order valence-corrected chi connectivity index (χ0v) is 10.8. The molecular weight excluding hydrogens is 267 g/mol. The van der Waals surface area contributed by atoms with Gasteiger partial charge in [0.15, 0.2) is 0 Å². The lowest BCUT2D eigenvalue weighted by molar-refractivity contribution is 1.22. The number of rotatable bonds is 1. The van der Waals surface area contributed by atoms with Gasteiger partial charge < -0.3 is 0 Å². The molecule has 0 spiro atoms. The molecule has 0 saturated carbocycles. The maximum atomic E-state index is 6.03. The van der Waals surface area contributed by atoms with Crippen LogP contribution in [0.5, 0.6) is 0 Å². The maximum absolute atomic E-state index is 6.03. The van der Waals surface area contributed by atoms with E-state index < -0.39 is 0 Å². The Balaban J connectivity index is 2.28. The Morgan fingerprint density at radius 3 is 2.28 bits per heavy atom. The van der Waals surface area contributed by atoms with E-state index in [2.05, 4.69) is 9.97 Å². The lowest BCUT2D eigenvalue weighted by atomic mass is 10.1. The first-order valence-electron chi connectivity index (χ1n) is 5.40. The number of aromatic nitrogens is 2. The smallest absolute Gasteiger partial charge is 0.116 e. The van der Waals surface area contributed by atoms with Crippen LogP contribution >= 0.6 is 23.2 Å². The second-order valence-corrected chi connectivity index (χ2v) is 4.76. The van der Waals surface area contributed by atoms with Crippen molar-refractivity contribution >= 4 is 34.1 Å². The zero-order chi connectivity index (χ0) is 12.5. The number of nitrogens with zero attached hydrogens (tertiary/aromatic N) is 2. The summed E-state index contributed by atoms with van der Waals surface area (Å²) in [6, 6.07) is 13.1. The van der Waals surface area contributed by atoms with Crippen LogP contribution < -0.4 is 0 Å². The Labute approximate surface area is 114 Å². The van der Waals surface area contributed by atoms with E-state index in [1.165, 1.54) is 0 Å². The predicted octanol–water partition coefficient (Wildman–Crippen LogP) is 4.60. The quantitative estimate of drug-likeness (QED) is 0.648. The van der Waals surface area contributed by atoms with Gasteiger partial charge in [0, 0.05) is 21.0 Å². The third-order valence-electron chi connectivity index (χ3n) is 2.72. The summed E-state index contributed by atoms with van der Waals surface area (Å²) in [6.45, 7) is 0. The highest BCUT2D eigenvalue weighted by molar-refractivity contribution is 6.31. The van der Waals surface area contributed by atoms with Gasteiger partial charge in [0.2, 0.25) is 0 Å². The Morgan fingerprint density at radius 2 is 1.50 bits per heavy atom. The molecule has 4 heteroatoms. The van der Waals surface area contributed by atoms with Crippen molar-refractivity contribution in [3.8, 4) is 11.3 Å². The molecule has 0 unspecified atom stereocenters. The van der Waals surface area contributed by atoms with E-state index in [-0.39, 0.29) is 0 Å². The highest BCUT2D eigenvalue weighted by Gasteiger charge is 2.06. The predicted molar refractivity (Wildman–Crippen MR) is 75.0 cm³/mol. The van der Waals surface area contributed by atoms with E-state index in [1.807, 2.05) is 42.5 Å². The van der Waals surface area contributed by atoms with Gasteiger partial charge >= 0.3 is 0 Å². The highest BCUT2D eigenvalue weighted by atomic mass is 35.5. The van der Waals surface area contributed by atoms with Crippen molar-refractivity contribution in [1.82, 2.24) is 9.97 Å². The van der Waals surface area contributed by atoms with Crippen molar-refractivity contribution in [2.45, 2.75) is 0 Å². The molecule has 2 nitrogen and oxygen atoms in total. The average molecular weight is 275 g/mol. The molecule has 18 heavy (non-hydrogen) atoms. The first-order chi connectivity index (χ1) is 8.74. The summed E-state index contributed by atoms with van der Waals surface area (Å²) in [6.07, 6.45) is 1.56. The number of hydrogen-bond acceptors (Lipinski definition) is 2. The van der Waals surface area contributed by atoms with Gasteiger partial charge in [-0.1, -0.05) is 35.3 Å². The van der Waals surface area contributed by atoms with Crippen LogP contribution in [-0.4, -0.2) is 9.97 Å². The van der Waals surface area contributed by atoms with Crippen LogP contribution in [-0.2, 0) is 0 Å². The van der Waals surface area contributed by atoms with Gasteiger partial charge in [0.25, 0.3) is 0 Å². The topological polar surface area (TPSA) is 25.8 Å². The summed E-state index contributed by atoms with van der Waals surface area (Å²) < 4.78 is 0. The Morgan fingerprint density at radius 1 is 0.778 bits per heavy atom. The van der Waals surface area contributed by atoms with Crippen molar-refractivity contribution in [2.24, 2.45) is 0 Å². The number of benzene rings is 2. The van der Waals surface area contributed by atoms with Gasteiger partial charge in [-0.05, 0) is 30.3 Å². The zero-order valence-electron chi connectivity index (χ0n) is 9.27. The van der Waals surface area contributed by atoms with Gasteiger partial charge in [-0.3, -0.25) is 0 Å². The summed E-state index contributed by atoms with van der Waals surface area (Å²) in [5.74, 6) is 0. The lowest BCUT2D eigenvalue weighted by Crippen LogP contribution is -1.88. The second-order valence-electron chi connectivity index (χ2n) is 3.89. The minimum atomic E-state index is 0.674. The largest absolute Gasteiger partial charge is 0.236 e. The van der Waals surface area contributed by atoms with Crippen LogP contribution in [0.1, 0.15) is 0 Å². The molecule has 88 valence electrons. The number of hydrogen-bond donors (Lipinski definition) is 0. The minimum Gasteiger partial charge on any atom is -0.236 e. The summed E-state index contributed by atoms with van der Waals surface area (Å²) >= 11 is 11.9. The molecule has 1 heterocycles. The normalized spacial score (nSPS) is 10.8. The van der Waals surface area contributed by atoms with Gasteiger partial charge in [-0.15, -0.1) is 0 Å². The van der Waals surface area contributed by atoms with Crippen molar-refractivity contribution in [1.29, 1.82) is 0 Å². The van der Waals surface area contributed by atoms with E-state index in [0.717, 1.165) is 22.2 Å². The molecule has 0 radical (unpaired) electrons. The highest BCUT2D eigenvalue weighted by Crippen LogP contribution is 2.28. The fraction of sp³-hybridized carbons (Fsp3) is 0. The molecule has 0 amide bonds. The van der Waals surface area contributed by atoms with Crippen molar-refractivity contribution in [3.05, 3.63) is 58.8 Å². The van der Waals surface area contributed by atoms with Crippen LogP contribution in [0.15, 0.2) is 48.8 Å². The maximum Gasteiger partial charge on any atom is 0.116 e. The molecule has 0 bridgehead atoms. The molecule has 1 aromatic heterocycles.